The highest BCUT2D eigenvalue weighted by Crippen LogP contribution is 2.10. The van der Waals surface area contributed by atoms with Crippen molar-refractivity contribution in [2.45, 2.75) is 0 Å². The molecular weight excluding hydrogens is 306 g/mol. The van der Waals surface area contributed by atoms with Gasteiger partial charge in [-0.05, 0) is 0 Å². The number of rotatable bonds is 6. The van der Waals surface area contributed by atoms with E-state index in [9.17, 15) is 10.1 Å². The Morgan fingerprint density at radius 1 is 0.917 bits per heavy atom. The molecule has 8 nitrogen and oxygen atoms in total. The molecule has 0 spiro atoms. The third-order valence-electron chi connectivity index (χ3n) is 4.62. The predicted molar refractivity (Wildman–Crippen MR) is 92.8 cm³/mol. The van der Waals surface area contributed by atoms with Gasteiger partial charge in [-0.1, -0.05) is 0 Å². The molecule has 2 heterocycles. The minimum atomic E-state index is -0.158. The highest BCUT2D eigenvalue weighted by molar-refractivity contribution is 5.97. The van der Waals surface area contributed by atoms with Crippen molar-refractivity contribution >= 4 is 5.91 Å². The van der Waals surface area contributed by atoms with Crippen LogP contribution in [0.15, 0.2) is 11.8 Å². The molecule has 0 aromatic carbocycles. The summed E-state index contributed by atoms with van der Waals surface area (Å²) >= 11 is 0. The molecule has 2 aliphatic rings. The molecule has 2 aliphatic heterocycles. The number of nitriles is 1. The van der Waals surface area contributed by atoms with E-state index < -0.39 is 0 Å². The van der Waals surface area contributed by atoms with Gasteiger partial charge in [0.2, 0.25) is 0 Å². The average molecular weight is 335 g/mol. The maximum Gasteiger partial charge on any atom is 0.266 e. The van der Waals surface area contributed by atoms with E-state index in [1.807, 2.05) is 0 Å². The van der Waals surface area contributed by atoms with Crippen molar-refractivity contribution < 1.29 is 4.79 Å². The van der Waals surface area contributed by atoms with E-state index in [-0.39, 0.29) is 11.5 Å². The zero-order chi connectivity index (χ0) is 17.4. The largest absolute Gasteiger partial charge is 0.374 e. The van der Waals surface area contributed by atoms with Gasteiger partial charge in [0.25, 0.3) is 5.91 Å². The van der Waals surface area contributed by atoms with Crippen LogP contribution in [0.3, 0.4) is 0 Å². The lowest BCUT2D eigenvalue weighted by Crippen LogP contribution is -2.50. The Labute approximate surface area is 144 Å². The van der Waals surface area contributed by atoms with Gasteiger partial charge >= 0.3 is 0 Å². The smallest absolute Gasteiger partial charge is 0.266 e. The van der Waals surface area contributed by atoms with Crippen molar-refractivity contribution in [1.29, 1.82) is 5.26 Å². The van der Waals surface area contributed by atoms with Crippen molar-refractivity contribution in [3.05, 3.63) is 11.8 Å². The summed E-state index contributed by atoms with van der Waals surface area (Å²) in [7, 11) is 0. The van der Waals surface area contributed by atoms with Crippen LogP contribution in [0.1, 0.15) is 0 Å². The minimum Gasteiger partial charge on any atom is -0.374 e. The molecule has 0 unspecified atom stereocenters. The maximum absolute atomic E-state index is 12.6. The number of amides is 1. The molecular formula is C16H29N7O. The molecule has 4 N–H and O–H groups in total. The van der Waals surface area contributed by atoms with Gasteiger partial charge in [0, 0.05) is 84.7 Å². The Hall–Kier alpha value is -1.66. The molecule has 2 fully saturated rings. The van der Waals surface area contributed by atoms with Gasteiger partial charge in [-0.15, -0.1) is 0 Å². The number of hydrogen-bond acceptors (Lipinski definition) is 7. The van der Waals surface area contributed by atoms with E-state index >= 15 is 0 Å². The van der Waals surface area contributed by atoms with Gasteiger partial charge in [0.15, 0.2) is 0 Å². The van der Waals surface area contributed by atoms with Crippen LogP contribution in [-0.4, -0.2) is 104 Å². The van der Waals surface area contributed by atoms with Crippen molar-refractivity contribution in [3.8, 4) is 6.07 Å². The summed E-state index contributed by atoms with van der Waals surface area (Å²) in [6.45, 7) is 9.47. The first-order valence-corrected chi connectivity index (χ1v) is 8.68. The number of piperazine rings is 2. The first-order valence-electron chi connectivity index (χ1n) is 8.68. The van der Waals surface area contributed by atoms with E-state index in [1.165, 1.54) is 0 Å². The average Bonchev–Trinajstić information content (AvgIpc) is 2.62. The van der Waals surface area contributed by atoms with Crippen LogP contribution in [0.25, 0.3) is 0 Å². The fraction of sp³-hybridized carbons (Fsp3) is 0.750. The molecule has 134 valence electrons. The van der Waals surface area contributed by atoms with Crippen LogP contribution in [-0.2, 0) is 4.79 Å². The number of carbonyl (C=O) groups is 1. The second-order valence-electron chi connectivity index (χ2n) is 6.24. The maximum atomic E-state index is 12.6. The highest BCUT2D eigenvalue weighted by atomic mass is 16.2. The molecule has 24 heavy (non-hydrogen) atoms. The molecule has 2 rings (SSSR count). The van der Waals surface area contributed by atoms with Gasteiger partial charge in [-0.2, -0.15) is 5.26 Å². The summed E-state index contributed by atoms with van der Waals surface area (Å²) in [5, 5.41) is 9.38. The number of hydrogen-bond donors (Lipinski definition) is 2. The van der Waals surface area contributed by atoms with E-state index in [0.29, 0.717) is 26.2 Å². The molecule has 8 heteroatoms. The van der Waals surface area contributed by atoms with Gasteiger partial charge in [-0.3, -0.25) is 14.6 Å². The second kappa shape index (κ2) is 9.59. The minimum absolute atomic E-state index is 0.158. The van der Waals surface area contributed by atoms with Crippen LogP contribution in [0.5, 0.6) is 0 Å². The predicted octanol–water partition coefficient (Wildman–Crippen LogP) is -1.93. The SMILES string of the molecule is N#C/C(=C/N1CCN(CCN)CC1)C(=O)N1CCN(CCN)CC1. The molecule has 0 aromatic rings. The summed E-state index contributed by atoms with van der Waals surface area (Å²) in [5.74, 6) is -0.158. The number of carbonyl (C=O) groups excluding carboxylic acids is 1. The third-order valence-corrected chi connectivity index (χ3v) is 4.62. The quantitative estimate of drug-likeness (QED) is 0.430. The van der Waals surface area contributed by atoms with Crippen LogP contribution < -0.4 is 11.5 Å². The Balaban J connectivity index is 1.87. The van der Waals surface area contributed by atoms with Gasteiger partial charge < -0.3 is 21.3 Å². The molecule has 0 atom stereocenters. The fourth-order valence-electron chi connectivity index (χ4n) is 3.14. The fourth-order valence-corrected chi connectivity index (χ4v) is 3.14. The van der Waals surface area contributed by atoms with Crippen LogP contribution in [0, 0.1) is 11.3 Å². The van der Waals surface area contributed by atoms with Crippen molar-refractivity contribution in [3.63, 3.8) is 0 Å². The number of nitrogens with zero attached hydrogens (tertiary/aromatic N) is 5. The number of nitrogens with two attached hydrogens (primary N) is 2. The van der Waals surface area contributed by atoms with Crippen LogP contribution >= 0.6 is 0 Å². The lowest BCUT2D eigenvalue weighted by Gasteiger charge is -2.35. The molecule has 1 amide bonds. The Morgan fingerprint density at radius 2 is 1.42 bits per heavy atom. The van der Waals surface area contributed by atoms with Crippen molar-refractivity contribution in [2.75, 3.05) is 78.5 Å². The normalized spacial score (nSPS) is 21.0. The van der Waals surface area contributed by atoms with E-state index in [2.05, 4.69) is 20.8 Å². The summed E-state index contributed by atoms with van der Waals surface area (Å²) in [6.07, 6.45) is 1.73. The van der Waals surface area contributed by atoms with Crippen molar-refractivity contribution in [1.82, 2.24) is 19.6 Å². The molecule has 0 saturated carbocycles. The molecule has 0 aliphatic carbocycles. The van der Waals surface area contributed by atoms with Crippen molar-refractivity contribution in [2.24, 2.45) is 11.5 Å². The van der Waals surface area contributed by atoms with E-state index in [1.54, 1.807) is 11.1 Å². The lowest BCUT2D eigenvalue weighted by molar-refractivity contribution is -0.128. The standard InChI is InChI=1S/C16H29N7O/c17-1-3-20-5-7-22(8-6-20)14-15(13-19)16(24)23-11-9-21(4-2-18)10-12-23/h14H,1-12,17-18H2/b15-14-. The Morgan fingerprint density at radius 3 is 1.88 bits per heavy atom. The van der Waals surface area contributed by atoms with Crippen LogP contribution in [0.4, 0.5) is 0 Å². The first-order chi connectivity index (χ1) is 11.7. The molecule has 0 bridgehead atoms. The van der Waals surface area contributed by atoms with Gasteiger partial charge in [0.05, 0.1) is 0 Å². The molecule has 2 saturated heterocycles. The zero-order valence-electron chi connectivity index (χ0n) is 14.4. The topological polar surface area (TPSA) is 106 Å². The summed E-state index contributed by atoms with van der Waals surface area (Å²) in [4.78, 5) is 21.0. The van der Waals surface area contributed by atoms with E-state index in [0.717, 1.165) is 52.4 Å². The van der Waals surface area contributed by atoms with Crippen LogP contribution in [0.2, 0.25) is 0 Å². The summed E-state index contributed by atoms with van der Waals surface area (Å²) < 4.78 is 0. The van der Waals surface area contributed by atoms with E-state index in [4.69, 9.17) is 11.5 Å². The molecule has 0 radical (unpaired) electrons. The lowest BCUT2D eigenvalue weighted by atomic mass is 10.2. The summed E-state index contributed by atoms with van der Waals surface area (Å²) in [5.41, 5.74) is 11.4. The Bertz CT molecular complexity index is 471. The first kappa shape index (κ1) is 18.7. The molecule has 0 aromatic heterocycles. The monoisotopic (exact) mass is 335 g/mol. The van der Waals surface area contributed by atoms with Gasteiger partial charge in [-0.25, -0.2) is 0 Å². The highest BCUT2D eigenvalue weighted by Gasteiger charge is 2.24. The zero-order valence-corrected chi connectivity index (χ0v) is 14.4. The van der Waals surface area contributed by atoms with Gasteiger partial charge in [0.1, 0.15) is 11.6 Å². The summed E-state index contributed by atoms with van der Waals surface area (Å²) in [6, 6.07) is 2.08. The Kier molecular flexibility index (Phi) is 7.46. The second-order valence-corrected chi connectivity index (χ2v) is 6.24. The third kappa shape index (κ3) is 5.18.